The standard InChI is InChI=1S/C11H9F2N3O2S/c1-6-14-11(18-16-6)15-9(17)7-2-4-8(5-3-7)19-10(12)13/h2-5,10H,1H3,(H,14,15,16,17). The van der Waals surface area contributed by atoms with Gasteiger partial charge in [-0.2, -0.15) is 13.8 Å². The molecule has 0 spiro atoms. The van der Waals surface area contributed by atoms with E-state index in [0.29, 0.717) is 28.0 Å². The Bertz CT molecular complexity index is 572. The van der Waals surface area contributed by atoms with Crippen LogP contribution in [0, 0.1) is 6.92 Å². The van der Waals surface area contributed by atoms with Crippen molar-refractivity contribution in [2.24, 2.45) is 0 Å². The molecule has 0 fully saturated rings. The van der Waals surface area contributed by atoms with Gasteiger partial charge in [0, 0.05) is 10.5 Å². The molecular formula is C11H9F2N3O2S. The zero-order chi connectivity index (χ0) is 13.8. The largest absolute Gasteiger partial charge is 0.328 e. The predicted molar refractivity (Wildman–Crippen MR) is 65.3 cm³/mol. The van der Waals surface area contributed by atoms with Crippen LogP contribution in [0.15, 0.2) is 33.7 Å². The predicted octanol–water partition coefficient (Wildman–Crippen LogP) is 2.95. The molecule has 1 heterocycles. The number of thioether (sulfide) groups is 1. The van der Waals surface area contributed by atoms with E-state index in [1.165, 1.54) is 24.3 Å². The number of aromatic nitrogens is 2. The van der Waals surface area contributed by atoms with Crippen molar-refractivity contribution < 1.29 is 18.1 Å². The number of nitrogens with one attached hydrogen (secondary N) is 1. The van der Waals surface area contributed by atoms with Crippen LogP contribution in [-0.4, -0.2) is 21.8 Å². The molecule has 1 aromatic heterocycles. The zero-order valence-corrected chi connectivity index (χ0v) is 10.6. The first-order chi connectivity index (χ1) is 9.04. The molecule has 1 aromatic carbocycles. The molecule has 1 N–H and O–H groups in total. The number of carbonyl (C=O) groups excluding carboxylic acids is 1. The molecule has 19 heavy (non-hydrogen) atoms. The van der Waals surface area contributed by atoms with Crippen LogP contribution in [0.3, 0.4) is 0 Å². The number of nitrogens with zero attached hydrogens (tertiary/aromatic N) is 2. The van der Waals surface area contributed by atoms with Gasteiger partial charge in [-0.3, -0.25) is 10.1 Å². The molecule has 0 unspecified atom stereocenters. The van der Waals surface area contributed by atoms with Gasteiger partial charge in [0.2, 0.25) is 0 Å². The van der Waals surface area contributed by atoms with E-state index in [-0.39, 0.29) is 6.01 Å². The Labute approximate surface area is 111 Å². The first-order valence-corrected chi connectivity index (χ1v) is 6.09. The highest BCUT2D eigenvalue weighted by atomic mass is 32.2. The summed E-state index contributed by atoms with van der Waals surface area (Å²) in [5.74, 6) is -2.53. The summed E-state index contributed by atoms with van der Waals surface area (Å²) < 4.78 is 29.0. The summed E-state index contributed by atoms with van der Waals surface area (Å²) in [4.78, 5) is 16.0. The first-order valence-electron chi connectivity index (χ1n) is 5.21. The van der Waals surface area contributed by atoms with E-state index in [4.69, 9.17) is 4.52 Å². The lowest BCUT2D eigenvalue weighted by Crippen LogP contribution is -2.11. The molecule has 100 valence electrons. The minimum Gasteiger partial charge on any atom is -0.315 e. The van der Waals surface area contributed by atoms with E-state index < -0.39 is 11.7 Å². The SMILES string of the molecule is Cc1noc(NC(=O)c2ccc(SC(F)F)cc2)n1. The normalized spacial score (nSPS) is 10.7. The number of amides is 1. The van der Waals surface area contributed by atoms with Gasteiger partial charge in [0.15, 0.2) is 5.82 Å². The van der Waals surface area contributed by atoms with Gasteiger partial charge in [-0.1, -0.05) is 16.9 Å². The molecule has 0 saturated carbocycles. The quantitative estimate of drug-likeness (QED) is 0.875. The lowest BCUT2D eigenvalue weighted by molar-refractivity contribution is 0.102. The average Bonchev–Trinajstić information content (AvgIpc) is 2.75. The fraction of sp³-hybridized carbons (Fsp3) is 0.182. The van der Waals surface area contributed by atoms with Gasteiger partial charge in [0.1, 0.15) is 0 Å². The number of halogens is 2. The van der Waals surface area contributed by atoms with E-state index in [1.54, 1.807) is 6.92 Å². The molecule has 0 atom stereocenters. The van der Waals surface area contributed by atoms with E-state index in [0.717, 1.165) is 0 Å². The number of benzene rings is 1. The number of aryl methyl sites for hydroxylation is 1. The van der Waals surface area contributed by atoms with Crippen molar-refractivity contribution in [2.45, 2.75) is 17.6 Å². The van der Waals surface area contributed by atoms with Gasteiger partial charge in [-0.15, -0.1) is 0 Å². The third kappa shape index (κ3) is 3.75. The van der Waals surface area contributed by atoms with Gasteiger partial charge < -0.3 is 4.52 Å². The molecule has 1 amide bonds. The van der Waals surface area contributed by atoms with Gasteiger partial charge in [0.25, 0.3) is 11.7 Å². The average molecular weight is 285 g/mol. The van der Waals surface area contributed by atoms with Gasteiger partial charge >= 0.3 is 6.01 Å². The Morgan fingerprint density at radius 3 is 2.58 bits per heavy atom. The van der Waals surface area contributed by atoms with E-state index in [9.17, 15) is 13.6 Å². The zero-order valence-electron chi connectivity index (χ0n) is 9.76. The molecular weight excluding hydrogens is 276 g/mol. The highest BCUT2D eigenvalue weighted by molar-refractivity contribution is 7.99. The lowest BCUT2D eigenvalue weighted by Gasteiger charge is -2.02. The van der Waals surface area contributed by atoms with Crippen LogP contribution in [-0.2, 0) is 0 Å². The van der Waals surface area contributed by atoms with Crippen molar-refractivity contribution in [1.82, 2.24) is 10.1 Å². The summed E-state index contributed by atoms with van der Waals surface area (Å²) in [6.07, 6.45) is 0. The highest BCUT2D eigenvalue weighted by Gasteiger charge is 2.11. The van der Waals surface area contributed by atoms with Crippen LogP contribution in [0.25, 0.3) is 0 Å². The second-order valence-electron chi connectivity index (χ2n) is 3.50. The van der Waals surface area contributed by atoms with Crippen molar-refractivity contribution in [3.8, 4) is 0 Å². The first kappa shape index (κ1) is 13.5. The van der Waals surface area contributed by atoms with Gasteiger partial charge in [-0.05, 0) is 31.2 Å². The molecule has 2 aromatic rings. The number of hydrogen-bond acceptors (Lipinski definition) is 5. The lowest BCUT2D eigenvalue weighted by atomic mass is 10.2. The monoisotopic (exact) mass is 285 g/mol. The summed E-state index contributed by atoms with van der Waals surface area (Å²) in [5.41, 5.74) is 0.314. The summed E-state index contributed by atoms with van der Waals surface area (Å²) >= 11 is 0.420. The topological polar surface area (TPSA) is 68.0 Å². The smallest absolute Gasteiger partial charge is 0.315 e. The fourth-order valence-electron chi connectivity index (χ4n) is 1.30. The highest BCUT2D eigenvalue weighted by Crippen LogP contribution is 2.25. The van der Waals surface area contributed by atoms with Crippen molar-refractivity contribution >= 4 is 23.7 Å². The number of hydrogen-bond donors (Lipinski definition) is 1. The molecule has 8 heteroatoms. The Balaban J connectivity index is 2.03. The Hall–Kier alpha value is -1.96. The van der Waals surface area contributed by atoms with Crippen LogP contribution in [0.4, 0.5) is 14.8 Å². The molecule has 0 bridgehead atoms. The second-order valence-corrected chi connectivity index (χ2v) is 4.57. The summed E-state index contributed by atoms with van der Waals surface area (Å²) in [6, 6.07) is 5.79. The van der Waals surface area contributed by atoms with Crippen molar-refractivity contribution in [2.75, 3.05) is 5.32 Å². The van der Waals surface area contributed by atoms with E-state index >= 15 is 0 Å². The number of carbonyl (C=O) groups is 1. The summed E-state index contributed by atoms with van der Waals surface area (Å²) in [5, 5.41) is 5.93. The molecule has 5 nitrogen and oxygen atoms in total. The third-order valence-corrected chi connectivity index (χ3v) is 2.81. The Morgan fingerprint density at radius 1 is 1.37 bits per heavy atom. The third-order valence-electron chi connectivity index (χ3n) is 2.09. The van der Waals surface area contributed by atoms with E-state index in [2.05, 4.69) is 15.5 Å². The maximum atomic E-state index is 12.1. The minimum atomic E-state index is -2.49. The number of anilines is 1. The van der Waals surface area contributed by atoms with Crippen LogP contribution in [0.1, 0.15) is 16.2 Å². The van der Waals surface area contributed by atoms with Crippen molar-refractivity contribution in [1.29, 1.82) is 0 Å². The van der Waals surface area contributed by atoms with Crippen molar-refractivity contribution in [3.05, 3.63) is 35.7 Å². The molecule has 0 aliphatic carbocycles. The minimum absolute atomic E-state index is 0.00599. The molecule has 2 rings (SSSR count). The van der Waals surface area contributed by atoms with Crippen LogP contribution < -0.4 is 5.32 Å². The molecule has 0 aliphatic heterocycles. The maximum absolute atomic E-state index is 12.1. The number of rotatable bonds is 4. The van der Waals surface area contributed by atoms with E-state index in [1.807, 2.05) is 0 Å². The Kier molecular flexibility index (Phi) is 4.10. The molecule has 0 aliphatic rings. The summed E-state index contributed by atoms with van der Waals surface area (Å²) in [6.45, 7) is 1.62. The summed E-state index contributed by atoms with van der Waals surface area (Å²) in [7, 11) is 0. The van der Waals surface area contributed by atoms with Crippen LogP contribution in [0.5, 0.6) is 0 Å². The maximum Gasteiger partial charge on any atom is 0.328 e. The van der Waals surface area contributed by atoms with Crippen molar-refractivity contribution in [3.63, 3.8) is 0 Å². The Morgan fingerprint density at radius 2 is 2.05 bits per heavy atom. The van der Waals surface area contributed by atoms with Crippen LogP contribution >= 0.6 is 11.8 Å². The fourth-order valence-corrected chi connectivity index (χ4v) is 1.80. The second kappa shape index (κ2) is 5.79. The molecule has 0 radical (unpaired) electrons. The van der Waals surface area contributed by atoms with Crippen LogP contribution in [0.2, 0.25) is 0 Å². The van der Waals surface area contributed by atoms with Gasteiger partial charge in [-0.25, -0.2) is 0 Å². The molecule has 0 saturated heterocycles. The number of alkyl halides is 2. The van der Waals surface area contributed by atoms with Gasteiger partial charge in [0.05, 0.1) is 0 Å².